The van der Waals surface area contributed by atoms with Crippen molar-refractivity contribution >= 4 is 26.8 Å². The van der Waals surface area contributed by atoms with Gasteiger partial charge < -0.3 is 25.3 Å². The van der Waals surface area contributed by atoms with Crippen LogP contribution in [0.25, 0.3) is 10.9 Å². The third-order valence-corrected chi connectivity index (χ3v) is 7.52. The number of aromatic nitrogens is 1. The zero-order valence-electron chi connectivity index (χ0n) is 19.5. The molecule has 9 nitrogen and oxygen atoms in total. The smallest absolute Gasteiger partial charge is 0.301 e. The highest BCUT2D eigenvalue weighted by molar-refractivity contribution is 7.90. The largest absolute Gasteiger partial charge is 0.506 e. The van der Waals surface area contributed by atoms with Crippen molar-refractivity contribution in [3.05, 3.63) is 53.2 Å². The molecule has 0 radical (unpaired) electrons. The first kappa shape index (κ1) is 24.3. The molecule has 1 aromatic heterocycles. The molecular formula is C24H32N4O5S. The lowest BCUT2D eigenvalue weighted by Crippen LogP contribution is -2.29. The normalized spacial score (nSPS) is 14.8. The number of phenolic OH excluding ortho intramolecular Hbond substituents is 1. The molecule has 1 atom stereocenters. The Balaban J connectivity index is 1.27. The van der Waals surface area contributed by atoms with E-state index in [0.29, 0.717) is 18.7 Å². The van der Waals surface area contributed by atoms with Crippen molar-refractivity contribution in [1.82, 2.24) is 14.6 Å². The van der Waals surface area contributed by atoms with E-state index in [1.165, 1.54) is 55.7 Å². The van der Waals surface area contributed by atoms with Crippen LogP contribution in [0.2, 0.25) is 0 Å². The lowest BCUT2D eigenvalue weighted by atomic mass is 9.96. The number of hydrogen-bond donors (Lipinski definition) is 5. The summed E-state index contributed by atoms with van der Waals surface area (Å²) < 4.78 is 33.2. The standard InChI is InChI=1S/C24H32N4O5S/c1-28(2)34(31,32)27-22-13-16(7-10-23(22)29)24(30)15-25-11-12-33-17-8-9-19-18-5-3-4-6-20(18)26-21(19)14-17/h7-10,13-14,24-27,29-30H,3-6,11-12,15H2,1-2H3/t24-/m1/s1. The van der Waals surface area contributed by atoms with Crippen LogP contribution in [-0.2, 0) is 23.1 Å². The number of nitrogens with zero attached hydrogens (tertiary/aromatic N) is 1. The summed E-state index contributed by atoms with van der Waals surface area (Å²) in [6.07, 6.45) is 3.83. The highest BCUT2D eigenvalue weighted by atomic mass is 32.2. The van der Waals surface area contributed by atoms with Crippen molar-refractivity contribution in [2.45, 2.75) is 31.8 Å². The Morgan fingerprint density at radius 1 is 1.15 bits per heavy atom. The summed E-state index contributed by atoms with van der Waals surface area (Å²) in [6.45, 7) is 1.20. The second kappa shape index (κ2) is 10.2. The molecule has 0 bridgehead atoms. The summed E-state index contributed by atoms with van der Waals surface area (Å²) in [7, 11) is -1.01. The van der Waals surface area contributed by atoms with Gasteiger partial charge in [-0.1, -0.05) is 6.07 Å². The molecule has 1 heterocycles. The van der Waals surface area contributed by atoms with Gasteiger partial charge in [0.25, 0.3) is 0 Å². The molecule has 2 aromatic carbocycles. The molecule has 0 aliphatic heterocycles. The third-order valence-electron chi connectivity index (χ3n) is 6.08. The van der Waals surface area contributed by atoms with Gasteiger partial charge >= 0.3 is 10.2 Å². The molecule has 0 unspecified atom stereocenters. The monoisotopic (exact) mass is 488 g/mol. The number of fused-ring (bicyclic) bond motifs is 3. The van der Waals surface area contributed by atoms with Crippen molar-refractivity contribution in [1.29, 1.82) is 0 Å². The van der Waals surface area contributed by atoms with E-state index in [0.717, 1.165) is 28.4 Å². The lowest BCUT2D eigenvalue weighted by molar-refractivity contribution is 0.172. The van der Waals surface area contributed by atoms with Gasteiger partial charge in [-0.3, -0.25) is 4.72 Å². The summed E-state index contributed by atoms with van der Waals surface area (Å²) in [6, 6.07) is 10.5. The molecule has 0 spiro atoms. The zero-order valence-corrected chi connectivity index (χ0v) is 20.3. The Hall–Kier alpha value is -2.79. The quantitative estimate of drug-likeness (QED) is 0.221. The van der Waals surface area contributed by atoms with E-state index in [1.54, 1.807) is 6.07 Å². The van der Waals surface area contributed by atoms with Gasteiger partial charge in [0.15, 0.2) is 0 Å². The summed E-state index contributed by atoms with van der Waals surface area (Å²) in [4.78, 5) is 3.53. The Morgan fingerprint density at radius 2 is 1.94 bits per heavy atom. The molecule has 4 rings (SSSR count). The Labute approximate surface area is 199 Å². The Kier molecular flexibility index (Phi) is 7.32. The topological polar surface area (TPSA) is 127 Å². The molecule has 10 heteroatoms. The molecule has 0 fully saturated rings. The predicted octanol–water partition coefficient (Wildman–Crippen LogP) is 2.67. The molecule has 0 saturated heterocycles. The number of anilines is 1. The maximum atomic E-state index is 12.0. The SMILES string of the molecule is CN(C)S(=O)(=O)Nc1cc([C@H](O)CNCCOc2ccc3c4c([nH]c3c2)CCCC4)ccc1O. The van der Waals surface area contributed by atoms with Gasteiger partial charge in [-0.15, -0.1) is 0 Å². The van der Waals surface area contributed by atoms with Crippen LogP contribution in [0.4, 0.5) is 5.69 Å². The van der Waals surface area contributed by atoms with E-state index >= 15 is 0 Å². The second-order valence-electron chi connectivity index (χ2n) is 8.73. The average molecular weight is 489 g/mol. The third kappa shape index (κ3) is 5.47. The number of aromatic amines is 1. The van der Waals surface area contributed by atoms with E-state index in [4.69, 9.17) is 4.74 Å². The molecular weight excluding hydrogens is 456 g/mol. The first-order valence-corrected chi connectivity index (χ1v) is 12.9. The fourth-order valence-corrected chi connectivity index (χ4v) is 4.78. The number of hydrogen-bond acceptors (Lipinski definition) is 6. The maximum absolute atomic E-state index is 12.0. The minimum absolute atomic E-state index is 0.00923. The highest BCUT2D eigenvalue weighted by Crippen LogP contribution is 2.31. The van der Waals surface area contributed by atoms with Gasteiger partial charge in [-0.2, -0.15) is 12.7 Å². The van der Waals surface area contributed by atoms with Crippen LogP contribution >= 0.6 is 0 Å². The number of aromatic hydroxyl groups is 1. The maximum Gasteiger partial charge on any atom is 0.301 e. The van der Waals surface area contributed by atoms with Gasteiger partial charge in [0.2, 0.25) is 0 Å². The number of aryl methyl sites for hydroxylation is 2. The van der Waals surface area contributed by atoms with E-state index in [1.807, 2.05) is 12.1 Å². The van der Waals surface area contributed by atoms with Gasteiger partial charge in [0.05, 0.1) is 11.8 Å². The van der Waals surface area contributed by atoms with Crippen LogP contribution in [-0.4, -0.2) is 61.7 Å². The number of aliphatic hydroxyl groups excluding tert-OH is 1. The van der Waals surface area contributed by atoms with Crippen LogP contribution in [0.3, 0.4) is 0 Å². The van der Waals surface area contributed by atoms with Crippen LogP contribution < -0.4 is 14.8 Å². The Bertz CT molecular complexity index is 1260. The number of rotatable bonds is 10. The van der Waals surface area contributed by atoms with E-state index in [9.17, 15) is 18.6 Å². The molecule has 0 amide bonds. The van der Waals surface area contributed by atoms with Crippen molar-refractivity contribution in [2.75, 3.05) is 38.5 Å². The summed E-state index contributed by atoms with van der Waals surface area (Å²) in [5.74, 6) is 0.576. The molecule has 34 heavy (non-hydrogen) atoms. The van der Waals surface area contributed by atoms with Gasteiger partial charge in [-0.05, 0) is 61.1 Å². The average Bonchev–Trinajstić information content (AvgIpc) is 3.17. The summed E-state index contributed by atoms with van der Waals surface area (Å²) in [5, 5.41) is 24.9. The van der Waals surface area contributed by atoms with Gasteiger partial charge in [-0.25, -0.2) is 0 Å². The molecule has 1 aliphatic rings. The number of aliphatic hydroxyl groups is 1. The minimum atomic E-state index is -3.77. The first-order valence-electron chi connectivity index (χ1n) is 11.4. The molecule has 0 saturated carbocycles. The zero-order chi connectivity index (χ0) is 24.3. The highest BCUT2D eigenvalue weighted by Gasteiger charge is 2.18. The number of nitrogens with one attached hydrogen (secondary N) is 3. The molecule has 3 aromatic rings. The van der Waals surface area contributed by atoms with Crippen molar-refractivity contribution < 1.29 is 23.4 Å². The van der Waals surface area contributed by atoms with Crippen LogP contribution in [0.15, 0.2) is 36.4 Å². The fraction of sp³-hybridized carbons (Fsp3) is 0.417. The second-order valence-corrected chi connectivity index (χ2v) is 10.6. The van der Waals surface area contributed by atoms with Crippen LogP contribution in [0.1, 0.15) is 35.8 Å². The van der Waals surface area contributed by atoms with Gasteiger partial charge in [0, 0.05) is 49.8 Å². The van der Waals surface area contributed by atoms with E-state index in [2.05, 4.69) is 21.1 Å². The summed E-state index contributed by atoms with van der Waals surface area (Å²) in [5.41, 5.74) is 4.39. The predicted molar refractivity (Wildman–Crippen MR) is 133 cm³/mol. The molecule has 1 aliphatic carbocycles. The van der Waals surface area contributed by atoms with Crippen LogP contribution in [0, 0.1) is 0 Å². The van der Waals surface area contributed by atoms with Crippen molar-refractivity contribution in [2.24, 2.45) is 0 Å². The lowest BCUT2D eigenvalue weighted by Gasteiger charge is -2.17. The van der Waals surface area contributed by atoms with Crippen molar-refractivity contribution in [3.8, 4) is 11.5 Å². The Morgan fingerprint density at radius 3 is 2.74 bits per heavy atom. The minimum Gasteiger partial charge on any atom is -0.506 e. The number of benzene rings is 2. The summed E-state index contributed by atoms with van der Waals surface area (Å²) >= 11 is 0. The van der Waals surface area contributed by atoms with E-state index in [-0.39, 0.29) is 18.0 Å². The number of phenols is 1. The number of ether oxygens (including phenoxy) is 1. The van der Waals surface area contributed by atoms with Gasteiger partial charge in [0.1, 0.15) is 18.1 Å². The first-order chi connectivity index (χ1) is 16.2. The number of H-pyrrole nitrogens is 1. The molecule has 5 N–H and O–H groups in total. The molecule has 184 valence electrons. The van der Waals surface area contributed by atoms with Crippen molar-refractivity contribution in [3.63, 3.8) is 0 Å². The van der Waals surface area contributed by atoms with E-state index < -0.39 is 16.3 Å². The fourth-order valence-electron chi connectivity index (χ4n) is 4.15. The van der Waals surface area contributed by atoms with Crippen LogP contribution in [0.5, 0.6) is 11.5 Å².